The predicted octanol–water partition coefficient (Wildman–Crippen LogP) is 16.0. The van der Waals surface area contributed by atoms with Gasteiger partial charge < -0.3 is 4.90 Å². The van der Waals surface area contributed by atoms with Gasteiger partial charge in [-0.2, -0.15) is 0 Å². The van der Waals surface area contributed by atoms with Crippen molar-refractivity contribution in [2.45, 2.75) is 0 Å². The van der Waals surface area contributed by atoms with Crippen molar-refractivity contribution in [2.24, 2.45) is 0 Å². The van der Waals surface area contributed by atoms with Gasteiger partial charge in [-0.25, -0.2) is 0 Å². The second-order valence-corrected chi connectivity index (χ2v) is 16.3. The van der Waals surface area contributed by atoms with Crippen LogP contribution in [0.3, 0.4) is 0 Å². The fourth-order valence-electron chi connectivity index (χ4n) is 8.16. The summed E-state index contributed by atoms with van der Waals surface area (Å²) in [5.74, 6) is 0. The number of hydrogen-bond acceptors (Lipinski definition) is 3. The standard InChI is InChI=1S/C52H33NS2/c1-2-13-43-36(9-1)10-8-16-44(43)39-12-7-11-37(31-39)34-19-24-40(25-20-34)53(42-28-30-52-48(33-42)46-15-4-6-18-50(46)55-52)41-26-21-35(22-27-41)38-23-29-51-47(32-38)45-14-3-5-17-49(45)54-51/h1-33H. The molecule has 11 rings (SSSR count). The van der Waals surface area contributed by atoms with Crippen molar-refractivity contribution in [1.82, 2.24) is 0 Å². The van der Waals surface area contributed by atoms with Gasteiger partial charge in [0.1, 0.15) is 0 Å². The Bertz CT molecular complexity index is 3200. The summed E-state index contributed by atoms with van der Waals surface area (Å²) < 4.78 is 5.28. The Morgan fingerprint density at radius 2 is 0.745 bits per heavy atom. The van der Waals surface area contributed by atoms with Crippen LogP contribution in [0.25, 0.3) is 84.5 Å². The lowest BCUT2D eigenvalue weighted by Crippen LogP contribution is -2.09. The molecular formula is C52H33NS2. The van der Waals surface area contributed by atoms with Gasteiger partial charge in [0.25, 0.3) is 0 Å². The highest BCUT2D eigenvalue weighted by Gasteiger charge is 2.16. The third-order valence-electron chi connectivity index (χ3n) is 10.9. The Kier molecular flexibility index (Phi) is 7.61. The second kappa shape index (κ2) is 13.1. The van der Waals surface area contributed by atoms with Gasteiger partial charge in [-0.05, 0) is 117 Å². The van der Waals surface area contributed by atoms with Crippen molar-refractivity contribution in [2.75, 3.05) is 4.90 Å². The molecule has 0 aliphatic rings. The highest BCUT2D eigenvalue weighted by molar-refractivity contribution is 7.26. The number of thiophene rings is 2. The van der Waals surface area contributed by atoms with E-state index in [0.29, 0.717) is 0 Å². The number of rotatable bonds is 6. The zero-order valence-corrected chi connectivity index (χ0v) is 31.4. The molecule has 258 valence electrons. The fourth-order valence-corrected chi connectivity index (χ4v) is 10.3. The lowest BCUT2D eigenvalue weighted by atomic mass is 9.95. The number of fused-ring (bicyclic) bond motifs is 7. The summed E-state index contributed by atoms with van der Waals surface area (Å²) in [6.45, 7) is 0. The van der Waals surface area contributed by atoms with Crippen LogP contribution in [0.5, 0.6) is 0 Å². The minimum absolute atomic E-state index is 1.12. The second-order valence-electron chi connectivity index (χ2n) is 14.1. The summed E-state index contributed by atoms with van der Waals surface area (Å²) in [4.78, 5) is 2.39. The summed E-state index contributed by atoms with van der Waals surface area (Å²) in [5.41, 5.74) is 10.7. The van der Waals surface area contributed by atoms with Gasteiger partial charge in [0.05, 0.1) is 0 Å². The molecule has 9 aromatic carbocycles. The first-order chi connectivity index (χ1) is 27.2. The molecule has 0 unspecified atom stereocenters. The summed E-state index contributed by atoms with van der Waals surface area (Å²) in [6.07, 6.45) is 0. The smallest absolute Gasteiger partial charge is 0.0468 e. The zero-order chi connectivity index (χ0) is 36.3. The first kappa shape index (κ1) is 32.0. The third kappa shape index (κ3) is 5.60. The lowest BCUT2D eigenvalue weighted by molar-refractivity contribution is 1.29. The van der Waals surface area contributed by atoms with E-state index < -0.39 is 0 Å². The van der Waals surface area contributed by atoms with Crippen LogP contribution < -0.4 is 4.90 Å². The maximum Gasteiger partial charge on any atom is 0.0468 e. The van der Waals surface area contributed by atoms with E-state index in [1.54, 1.807) is 0 Å². The van der Waals surface area contributed by atoms with Gasteiger partial charge >= 0.3 is 0 Å². The topological polar surface area (TPSA) is 3.24 Å². The van der Waals surface area contributed by atoms with Crippen molar-refractivity contribution in [1.29, 1.82) is 0 Å². The number of hydrogen-bond donors (Lipinski definition) is 0. The number of anilines is 3. The van der Waals surface area contributed by atoms with E-state index in [1.165, 1.54) is 84.5 Å². The van der Waals surface area contributed by atoms with Crippen molar-refractivity contribution in [3.8, 4) is 33.4 Å². The van der Waals surface area contributed by atoms with Crippen LogP contribution >= 0.6 is 22.7 Å². The molecule has 55 heavy (non-hydrogen) atoms. The Balaban J connectivity index is 0.990. The average Bonchev–Trinajstić information content (AvgIpc) is 3.82. The Labute approximate surface area is 327 Å². The van der Waals surface area contributed by atoms with Crippen LogP contribution in [0.2, 0.25) is 0 Å². The Morgan fingerprint density at radius 1 is 0.273 bits per heavy atom. The van der Waals surface area contributed by atoms with E-state index in [4.69, 9.17) is 0 Å². The van der Waals surface area contributed by atoms with E-state index >= 15 is 0 Å². The molecule has 0 saturated carbocycles. The number of benzene rings is 9. The molecule has 0 saturated heterocycles. The summed E-state index contributed by atoms with van der Waals surface area (Å²) >= 11 is 3.72. The fraction of sp³-hybridized carbons (Fsp3) is 0. The van der Waals surface area contributed by atoms with Crippen LogP contribution in [0.15, 0.2) is 200 Å². The van der Waals surface area contributed by atoms with Gasteiger partial charge in [0, 0.05) is 57.4 Å². The van der Waals surface area contributed by atoms with E-state index in [-0.39, 0.29) is 0 Å². The molecule has 0 N–H and O–H groups in total. The molecule has 3 heteroatoms. The summed E-state index contributed by atoms with van der Waals surface area (Å²) in [6, 6.07) is 73.5. The highest BCUT2D eigenvalue weighted by Crippen LogP contribution is 2.42. The normalized spacial score (nSPS) is 11.6. The van der Waals surface area contributed by atoms with Crippen LogP contribution in [0.4, 0.5) is 17.1 Å². The van der Waals surface area contributed by atoms with Crippen LogP contribution in [0, 0.1) is 0 Å². The van der Waals surface area contributed by atoms with Crippen molar-refractivity contribution in [3.05, 3.63) is 200 Å². The van der Waals surface area contributed by atoms with Gasteiger partial charge in [0.15, 0.2) is 0 Å². The Morgan fingerprint density at radius 3 is 1.44 bits per heavy atom. The van der Waals surface area contributed by atoms with Gasteiger partial charge in [-0.1, -0.05) is 127 Å². The van der Waals surface area contributed by atoms with E-state index in [2.05, 4.69) is 205 Å². The van der Waals surface area contributed by atoms with E-state index in [0.717, 1.165) is 17.1 Å². The van der Waals surface area contributed by atoms with Gasteiger partial charge in [0.2, 0.25) is 0 Å². The molecule has 0 aliphatic heterocycles. The molecule has 0 amide bonds. The predicted molar refractivity (Wildman–Crippen MR) is 241 cm³/mol. The molecule has 11 aromatic rings. The molecule has 0 spiro atoms. The van der Waals surface area contributed by atoms with Gasteiger partial charge in [-0.3, -0.25) is 0 Å². The molecule has 2 aromatic heterocycles. The SMILES string of the molecule is c1cc(-c2ccc(N(c3ccc(-c4ccc5sc6ccccc6c5c4)cc3)c3ccc4sc5ccccc5c4c3)cc2)cc(-c2cccc3ccccc23)c1. The van der Waals surface area contributed by atoms with Crippen LogP contribution in [0.1, 0.15) is 0 Å². The lowest BCUT2D eigenvalue weighted by Gasteiger charge is -2.26. The minimum atomic E-state index is 1.12. The van der Waals surface area contributed by atoms with Crippen LogP contribution in [-0.2, 0) is 0 Å². The Hall–Kier alpha value is -6.52. The van der Waals surface area contributed by atoms with Crippen molar-refractivity contribution in [3.63, 3.8) is 0 Å². The van der Waals surface area contributed by atoms with Gasteiger partial charge in [-0.15, -0.1) is 22.7 Å². The molecule has 2 heterocycles. The van der Waals surface area contributed by atoms with Crippen molar-refractivity contribution >= 4 is 90.9 Å². The molecule has 0 aliphatic carbocycles. The average molecular weight is 736 g/mol. The van der Waals surface area contributed by atoms with Crippen LogP contribution in [-0.4, -0.2) is 0 Å². The van der Waals surface area contributed by atoms with Crippen molar-refractivity contribution < 1.29 is 0 Å². The maximum absolute atomic E-state index is 2.39. The molecule has 0 radical (unpaired) electrons. The monoisotopic (exact) mass is 735 g/mol. The maximum atomic E-state index is 2.39. The highest BCUT2D eigenvalue weighted by atomic mass is 32.1. The zero-order valence-electron chi connectivity index (χ0n) is 29.8. The summed E-state index contributed by atoms with van der Waals surface area (Å²) in [7, 11) is 0. The minimum Gasteiger partial charge on any atom is -0.310 e. The van der Waals surface area contributed by atoms with E-state index in [1.807, 2.05) is 22.7 Å². The quantitative estimate of drug-likeness (QED) is 0.164. The molecule has 0 bridgehead atoms. The largest absolute Gasteiger partial charge is 0.310 e. The number of nitrogens with zero attached hydrogens (tertiary/aromatic N) is 1. The summed E-state index contributed by atoms with van der Waals surface area (Å²) in [5, 5.41) is 7.77. The third-order valence-corrected chi connectivity index (χ3v) is 13.2. The molecule has 0 atom stereocenters. The molecule has 1 nitrogen and oxygen atoms in total. The molecule has 0 fully saturated rings. The molecular weight excluding hydrogens is 703 g/mol. The van der Waals surface area contributed by atoms with E-state index in [9.17, 15) is 0 Å². The first-order valence-corrected chi connectivity index (χ1v) is 20.3. The first-order valence-electron chi connectivity index (χ1n) is 18.7.